The zero-order valence-electron chi connectivity index (χ0n) is 11.8. The van der Waals surface area contributed by atoms with Gasteiger partial charge in [0.25, 0.3) is 0 Å². The van der Waals surface area contributed by atoms with E-state index in [1.54, 1.807) is 30.3 Å². The Balaban J connectivity index is 2.02. The molecule has 0 amide bonds. The highest BCUT2D eigenvalue weighted by Gasteiger charge is 2.23. The molecule has 0 aromatic heterocycles. The lowest BCUT2D eigenvalue weighted by molar-refractivity contribution is 0.459. The van der Waals surface area contributed by atoms with E-state index in [0.717, 1.165) is 37.7 Å². The van der Waals surface area contributed by atoms with Crippen LogP contribution in [0.1, 0.15) is 37.7 Å². The number of benzene rings is 1. The van der Waals surface area contributed by atoms with Crippen molar-refractivity contribution in [2.75, 3.05) is 0 Å². The van der Waals surface area contributed by atoms with Gasteiger partial charge in [-0.15, -0.1) is 0 Å². The Bertz CT molecular complexity index is 584. The van der Waals surface area contributed by atoms with Crippen molar-refractivity contribution in [3.63, 3.8) is 0 Å². The van der Waals surface area contributed by atoms with Crippen LogP contribution in [0.4, 0.5) is 0 Å². The minimum absolute atomic E-state index is 0.105. The first-order chi connectivity index (χ1) is 9.96. The molecule has 1 aliphatic carbocycles. The summed E-state index contributed by atoms with van der Waals surface area (Å²) in [6.07, 6.45) is 6.43. The zero-order valence-corrected chi connectivity index (χ0v) is 13.4. The summed E-state index contributed by atoms with van der Waals surface area (Å²) in [7, 11) is -3.48. The molecule has 3 N–H and O–H groups in total. The maximum absolute atomic E-state index is 12.1. The van der Waals surface area contributed by atoms with Crippen molar-refractivity contribution in [2.24, 2.45) is 5.73 Å². The Labute approximate surface area is 131 Å². The standard InChI is InChI=1S/C15H21ClN2O2S/c16-13-8-6-12(7-9-13)10-11-21(19,20)18-15-5-3-1-2-4-14(15)17/h6-11,14-15,18H,1-5,17H2. The van der Waals surface area contributed by atoms with E-state index in [0.29, 0.717) is 5.02 Å². The van der Waals surface area contributed by atoms with Crippen molar-refractivity contribution >= 4 is 27.7 Å². The molecule has 116 valence electrons. The van der Waals surface area contributed by atoms with Gasteiger partial charge in [-0.25, -0.2) is 13.1 Å². The molecule has 2 rings (SSSR count). The Hall–Kier alpha value is -0.880. The van der Waals surface area contributed by atoms with Gasteiger partial charge in [-0.1, -0.05) is 43.0 Å². The van der Waals surface area contributed by atoms with Gasteiger partial charge in [0.1, 0.15) is 0 Å². The molecule has 0 heterocycles. The average Bonchev–Trinajstić information content (AvgIpc) is 2.63. The van der Waals surface area contributed by atoms with E-state index >= 15 is 0 Å². The van der Waals surface area contributed by atoms with Gasteiger partial charge in [-0.3, -0.25) is 0 Å². The SMILES string of the molecule is NC1CCCCCC1NS(=O)(=O)C=Cc1ccc(Cl)cc1. The van der Waals surface area contributed by atoms with Crippen LogP contribution in [0.3, 0.4) is 0 Å². The van der Waals surface area contributed by atoms with E-state index in [2.05, 4.69) is 4.72 Å². The number of hydrogen-bond acceptors (Lipinski definition) is 3. The van der Waals surface area contributed by atoms with Crippen molar-refractivity contribution in [3.05, 3.63) is 40.3 Å². The summed E-state index contributed by atoms with van der Waals surface area (Å²) in [5.74, 6) is 0. The molecule has 0 aliphatic heterocycles. The summed E-state index contributed by atoms with van der Waals surface area (Å²) < 4.78 is 26.9. The molecule has 0 radical (unpaired) electrons. The van der Waals surface area contributed by atoms with Gasteiger partial charge in [0, 0.05) is 22.5 Å². The smallest absolute Gasteiger partial charge is 0.234 e. The fraction of sp³-hybridized carbons (Fsp3) is 0.467. The minimum atomic E-state index is -3.48. The summed E-state index contributed by atoms with van der Waals surface area (Å²) in [5, 5.41) is 1.81. The van der Waals surface area contributed by atoms with E-state index in [9.17, 15) is 8.42 Å². The summed E-state index contributed by atoms with van der Waals surface area (Å²) in [6.45, 7) is 0. The molecule has 2 unspecified atom stereocenters. The van der Waals surface area contributed by atoms with Crippen LogP contribution in [0.15, 0.2) is 29.7 Å². The molecule has 1 aromatic rings. The van der Waals surface area contributed by atoms with Crippen LogP contribution in [0.25, 0.3) is 6.08 Å². The maximum atomic E-state index is 12.1. The lowest BCUT2D eigenvalue weighted by atomic mass is 10.1. The van der Waals surface area contributed by atoms with Crippen molar-refractivity contribution in [1.82, 2.24) is 4.72 Å². The van der Waals surface area contributed by atoms with E-state index in [-0.39, 0.29) is 12.1 Å². The quantitative estimate of drug-likeness (QED) is 0.835. The van der Waals surface area contributed by atoms with Gasteiger partial charge in [0.2, 0.25) is 10.0 Å². The first kappa shape index (κ1) is 16.5. The van der Waals surface area contributed by atoms with Crippen molar-refractivity contribution < 1.29 is 8.42 Å². The van der Waals surface area contributed by atoms with Crippen LogP contribution >= 0.6 is 11.6 Å². The van der Waals surface area contributed by atoms with Crippen LogP contribution < -0.4 is 10.5 Å². The van der Waals surface area contributed by atoms with Gasteiger partial charge < -0.3 is 5.73 Å². The van der Waals surface area contributed by atoms with E-state index in [1.807, 2.05) is 0 Å². The van der Waals surface area contributed by atoms with Gasteiger partial charge in [0.05, 0.1) is 0 Å². The molecule has 1 fully saturated rings. The lowest BCUT2D eigenvalue weighted by Crippen LogP contribution is -2.46. The number of nitrogens with two attached hydrogens (primary N) is 1. The minimum Gasteiger partial charge on any atom is -0.326 e. The fourth-order valence-corrected chi connectivity index (χ4v) is 3.73. The Morgan fingerprint density at radius 3 is 2.52 bits per heavy atom. The molecule has 21 heavy (non-hydrogen) atoms. The third-order valence-electron chi connectivity index (χ3n) is 3.69. The van der Waals surface area contributed by atoms with Gasteiger partial charge in [-0.2, -0.15) is 0 Å². The first-order valence-corrected chi connectivity index (χ1v) is 9.10. The molecular weight excluding hydrogens is 308 g/mol. The molecule has 1 aromatic carbocycles. The summed E-state index contributed by atoms with van der Waals surface area (Å²) in [5.41, 5.74) is 6.83. The highest BCUT2D eigenvalue weighted by atomic mass is 35.5. The van der Waals surface area contributed by atoms with Crippen LogP contribution in [0, 0.1) is 0 Å². The fourth-order valence-electron chi connectivity index (χ4n) is 2.47. The second-order valence-corrected chi connectivity index (χ2v) is 7.46. The highest BCUT2D eigenvalue weighted by molar-refractivity contribution is 7.92. The van der Waals surface area contributed by atoms with Crippen LogP contribution in [0.5, 0.6) is 0 Å². The highest BCUT2D eigenvalue weighted by Crippen LogP contribution is 2.18. The first-order valence-electron chi connectivity index (χ1n) is 7.18. The normalized spacial score (nSPS) is 24.1. The van der Waals surface area contributed by atoms with E-state index in [1.165, 1.54) is 5.41 Å². The van der Waals surface area contributed by atoms with E-state index < -0.39 is 10.0 Å². The monoisotopic (exact) mass is 328 g/mol. The summed E-state index contributed by atoms with van der Waals surface area (Å²) >= 11 is 5.79. The second-order valence-electron chi connectivity index (χ2n) is 5.43. The Kier molecular flexibility index (Phi) is 5.81. The number of nitrogens with one attached hydrogen (secondary N) is 1. The van der Waals surface area contributed by atoms with E-state index in [4.69, 9.17) is 17.3 Å². The second kappa shape index (κ2) is 7.40. The van der Waals surface area contributed by atoms with Crippen LogP contribution in [-0.2, 0) is 10.0 Å². The van der Waals surface area contributed by atoms with Gasteiger partial charge in [0.15, 0.2) is 0 Å². The van der Waals surface area contributed by atoms with Gasteiger partial charge >= 0.3 is 0 Å². The number of sulfonamides is 1. The number of halogens is 1. The largest absolute Gasteiger partial charge is 0.326 e. The van der Waals surface area contributed by atoms with Crippen molar-refractivity contribution in [1.29, 1.82) is 0 Å². The third kappa shape index (κ3) is 5.43. The topological polar surface area (TPSA) is 72.2 Å². The van der Waals surface area contributed by atoms with Gasteiger partial charge in [-0.05, 0) is 36.6 Å². The maximum Gasteiger partial charge on any atom is 0.234 e. The molecule has 0 saturated heterocycles. The molecular formula is C15H21ClN2O2S. The predicted molar refractivity (Wildman–Crippen MR) is 87.4 cm³/mol. The lowest BCUT2D eigenvalue weighted by Gasteiger charge is -2.21. The molecule has 2 atom stereocenters. The molecule has 0 spiro atoms. The van der Waals surface area contributed by atoms with Crippen molar-refractivity contribution in [3.8, 4) is 0 Å². The predicted octanol–water partition coefficient (Wildman–Crippen LogP) is 2.89. The average molecular weight is 329 g/mol. The van der Waals surface area contributed by atoms with Crippen molar-refractivity contribution in [2.45, 2.75) is 44.2 Å². The number of rotatable bonds is 4. The number of hydrogen-bond donors (Lipinski definition) is 2. The molecule has 4 nitrogen and oxygen atoms in total. The Morgan fingerprint density at radius 1 is 1.14 bits per heavy atom. The van der Waals surface area contributed by atoms with Crippen LogP contribution in [0.2, 0.25) is 5.02 Å². The third-order valence-corrected chi connectivity index (χ3v) is 5.07. The molecule has 1 saturated carbocycles. The Morgan fingerprint density at radius 2 is 1.81 bits per heavy atom. The molecule has 6 heteroatoms. The zero-order chi connectivity index (χ0) is 15.3. The molecule has 1 aliphatic rings. The van der Waals surface area contributed by atoms with Crippen LogP contribution in [-0.4, -0.2) is 20.5 Å². The summed E-state index contributed by atoms with van der Waals surface area (Å²) in [6, 6.07) is 6.71. The molecule has 0 bridgehead atoms. The summed E-state index contributed by atoms with van der Waals surface area (Å²) in [4.78, 5) is 0.